The fourth-order valence-corrected chi connectivity index (χ4v) is 1.97. The number of hydrogen-bond acceptors (Lipinski definition) is 2. The van der Waals surface area contributed by atoms with Crippen LogP contribution in [0.3, 0.4) is 0 Å². The van der Waals surface area contributed by atoms with Crippen molar-refractivity contribution in [2.45, 2.75) is 38.3 Å². The molecular formula is C13H16F3NO. The number of benzene rings is 1. The fraction of sp³-hybridized carbons (Fsp3) is 0.538. The molecule has 18 heavy (non-hydrogen) atoms. The molecule has 0 amide bonds. The Kier molecular flexibility index (Phi) is 3.64. The van der Waals surface area contributed by atoms with E-state index in [9.17, 15) is 13.2 Å². The van der Waals surface area contributed by atoms with Crippen molar-refractivity contribution in [1.82, 2.24) is 5.32 Å². The van der Waals surface area contributed by atoms with Crippen LogP contribution in [-0.4, -0.2) is 18.7 Å². The lowest BCUT2D eigenvalue weighted by Gasteiger charge is -2.34. The first-order chi connectivity index (χ1) is 8.38. The van der Waals surface area contributed by atoms with E-state index in [0.29, 0.717) is 6.54 Å². The van der Waals surface area contributed by atoms with Crippen LogP contribution in [0.4, 0.5) is 13.2 Å². The van der Waals surface area contributed by atoms with Crippen LogP contribution in [0.25, 0.3) is 0 Å². The molecule has 2 rings (SSSR count). The van der Waals surface area contributed by atoms with Crippen molar-refractivity contribution in [3.63, 3.8) is 0 Å². The molecule has 0 saturated carbocycles. The van der Waals surface area contributed by atoms with Gasteiger partial charge in [0.1, 0.15) is 0 Å². The van der Waals surface area contributed by atoms with Crippen molar-refractivity contribution >= 4 is 0 Å². The van der Waals surface area contributed by atoms with Gasteiger partial charge in [-0.3, -0.25) is 0 Å². The third-order valence-electron chi connectivity index (χ3n) is 3.32. The summed E-state index contributed by atoms with van der Waals surface area (Å²) in [7, 11) is 0. The van der Waals surface area contributed by atoms with Crippen LogP contribution >= 0.6 is 0 Å². The van der Waals surface area contributed by atoms with Crippen molar-refractivity contribution in [3.05, 3.63) is 35.4 Å². The lowest BCUT2D eigenvalue weighted by atomic mass is 10.0. The first-order valence-electron chi connectivity index (χ1n) is 5.94. The Morgan fingerprint density at radius 2 is 1.78 bits per heavy atom. The zero-order valence-electron chi connectivity index (χ0n) is 10.3. The second-order valence-corrected chi connectivity index (χ2v) is 4.65. The molecule has 1 N–H and O–H groups in total. The van der Waals surface area contributed by atoms with Gasteiger partial charge in [-0.05, 0) is 31.5 Å². The lowest BCUT2D eigenvalue weighted by molar-refractivity contribution is -0.137. The highest BCUT2D eigenvalue weighted by Gasteiger charge is 2.31. The maximum absolute atomic E-state index is 12.4. The quantitative estimate of drug-likeness (QED) is 0.836. The van der Waals surface area contributed by atoms with E-state index in [-0.39, 0.29) is 18.2 Å². The zero-order valence-corrected chi connectivity index (χ0v) is 10.3. The standard InChI is InChI=1S/C13H16F3NO/c1-8-9(2)18-12(7-17-8)10-3-5-11(6-4-10)13(14,15)16/h3-6,8-9,12,17H,7H2,1-2H3. The summed E-state index contributed by atoms with van der Waals surface area (Å²) in [6.45, 7) is 4.60. The van der Waals surface area contributed by atoms with Crippen LogP contribution in [0.2, 0.25) is 0 Å². The first kappa shape index (κ1) is 13.4. The average molecular weight is 259 g/mol. The number of nitrogens with one attached hydrogen (secondary N) is 1. The second kappa shape index (κ2) is 4.90. The van der Waals surface area contributed by atoms with Gasteiger partial charge in [0.25, 0.3) is 0 Å². The molecule has 1 aromatic rings. The maximum atomic E-state index is 12.4. The summed E-state index contributed by atoms with van der Waals surface area (Å²) in [5, 5.41) is 3.28. The molecule has 0 radical (unpaired) electrons. The summed E-state index contributed by atoms with van der Waals surface area (Å²) in [5.41, 5.74) is 0.144. The average Bonchev–Trinajstić information content (AvgIpc) is 2.32. The van der Waals surface area contributed by atoms with Crippen molar-refractivity contribution in [2.24, 2.45) is 0 Å². The molecule has 0 bridgehead atoms. The van der Waals surface area contributed by atoms with Crippen LogP contribution in [0.15, 0.2) is 24.3 Å². The molecular weight excluding hydrogens is 243 g/mol. The molecule has 100 valence electrons. The summed E-state index contributed by atoms with van der Waals surface area (Å²) in [4.78, 5) is 0. The topological polar surface area (TPSA) is 21.3 Å². The summed E-state index contributed by atoms with van der Waals surface area (Å²) >= 11 is 0. The van der Waals surface area contributed by atoms with Gasteiger partial charge in [-0.15, -0.1) is 0 Å². The van der Waals surface area contributed by atoms with E-state index in [1.165, 1.54) is 12.1 Å². The molecule has 1 aromatic carbocycles. The van der Waals surface area contributed by atoms with E-state index in [2.05, 4.69) is 5.32 Å². The molecule has 0 spiro atoms. The highest BCUT2D eigenvalue weighted by Crippen LogP contribution is 2.31. The minimum Gasteiger partial charge on any atom is -0.368 e. The molecule has 2 nitrogen and oxygen atoms in total. The SMILES string of the molecule is CC1NCC(c2ccc(C(F)(F)F)cc2)OC1C. The van der Waals surface area contributed by atoms with Crippen molar-refractivity contribution < 1.29 is 17.9 Å². The Balaban J connectivity index is 2.11. The van der Waals surface area contributed by atoms with Gasteiger partial charge >= 0.3 is 6.18 Å². The zero-order chi connectivity index (χ0) is 13.3. The lowest BCUT2D eigenvalue weighted by Crippen LogP contribution is -2.46. The first-order valence-corrected chi connectivity index (χ1v) is 5.94. The van der Waals surface area contributed by atoms with Gasteiger partial charge in [0.15, 0.2) is 0 Å². The van der Waals surface area contributed by atoms with Crippen LogP contribution in [0, 0.1) is 0 Å². The predicted octanol–water partition coefficient (Wildman–Crippen LogP) is 3.14. The number of ether oxygens (including phenoxy) is 1. The van der Waals surface area contributed by atoms with Gasteiger partial charge in [0.05, 0.1) is 17.8 Å². The Labute approximate surface area is 104 Å². The monoisotopic (exact) mass is 259 g/mol. The van der Waals surface area contributed by atoms with Crippen LogP contribution in [-0.2, 0) is 10.9 Å². The molecule has 3 unspecified atom stereocenters. The third kappa shape index (κ3) is 2.84. The third-order valence-corrected chi connectivity index (χ3v) is 3.32. The normalized spacial score (nSPS) is 29.3. The number of halogens is 3. The van der Waals surface area contributed by atoms with Crippen LogP contribution < -0.4 is 5.32 Å². The highest BCUT2D eigenvalue weighted by atomic mass is 19.4. The highest BCUT2D eigenvalue weighted by molar-refractivity contribution is 5.26. The van der Waals surface area contributed by atoms with Crippen LogP contribution in [0.5, 0.6) is 0 Å². The smallest absolute Gasteiger partial charge is 0.368 e. The van der Waals surface area contributed by atoms with Crippen molar-refractivity contribution in [1.29, 1.82) is 0 Å². The Morgan fingerprint density at radius 3 is 2.28 bits per heavy atom. The minimum atomic E-state index is -4.29. The molecule has 0 aromatic heterocycles. The van der Waals surface area contributed by atoms with E-state index < -0.39 is 11.7 Å². The molecule has 1 aliphatic rings. The summed E-state index contributed by atoms with van der Waals surface area (Å²) < 4.78 is 43.1. The van der Waals surface area contributed by atoms with Gasteiger partial charge in [0.2, 0.25) is 0 Å². The molecule has 3 atom stereocenters. The van der Waals surface area contributed by atoms with E-state index in [1.54, 1.807) is 0 Å². The van der Waals surface area contributed by atoms with Crippen molar-refractivity contribution in [3.8, 4) is 0 Å². The largest absolute Gasteiger partial charge is 0.416 e. The molecule has 1 heterocycles. The van der Waals surface area contributed by atoms with Gasteiger partial charge < -0.3 is 10.1 Å². The fourth-order valence-electron chi connectivity index (χ4n) is 1.97. The summed E-state index contributed by atoms with van der Waals surface area (Å²) in [5.74, 6) is 0. The predicted molar refractivity (Wildman–Crippen MR) is 62.2 cm³/mol. The number of morpholine rings is 1. The second-order valence-electron chi connectivity index (χ2n) is 4.65. The number of alkyl halides is 3. The van der Waals surface area contributed by atoms with Crippen molar-refractivity contribution in [2.75, 3.05) is 6.54 Å². The number of rotatable bonds is 1. The maximum Gasteiger partial charge on any atom is 0.416 e. The summed E-state index contributed by atoms with van der Waals surface area (Å²) in [6, 6.07) is 5.43. The number of hydrogen-bond donors (Lipinski definition) is 1. The van der Waals surface area contributed by atoms with Gasteiger partial charge in [0, 0.05) is 12.6 Å². The van der Waals surface area contributed by atoms with E-state index in [1.807, 2.05) is 13.8 Å². The molecule has 5 heteroatoms. The van der Waals surface area contributed by atoms with E-state index >= 15 is 0 Å². The molecule has 0 aliphatic carbocycles. The molecule has 1 fully saturated rings. The van der Waals surface area contributed by atoms with E-state index in [4.69, 9.17) is 4.74 Å². The van der Waals surface area contributed by atoms with Gasteiger partial charge in [-0.2, -0.15) is 13.2 Å². The Hall–Kier alpha value is -1.07. The molecule has 1 saturated heterocycles. The summed E-state index contributed by atoms with van der Waals surface area (Å²) in [6.07, 6.45) is -4.42. The Bertz CT molecular complexity index is 402. The minimum absolute atomic E-state index is 0.0473. The van der Waals surface area contributed by atoms with Crippen LogP contribution in [0.1, 0.15) is 31.1 Å². The molecule has 1 aliphatic heterocycles. The Morgan fingerprint density at radius 1 is 1.17 bits per heavy atom. The van der Waals surface area contributed by atoms with Gasteiger partial charge in [-0.1, -0.05) is 12.1 Å². The van der Waals surface area contributed by atoms with Gasteiger partial charge in [-0.25, -0.2) is 0 Å². The van der Waals surface area contributed by atoms with E-state index in [0.717, 1.165) is 17.7 Å².